The van der Waals surface area contributed by atoms with Crippen molar-refractivity contribution >= 4 is 53.4 Å². The molecule has 248 valence electrons. The molecule has 44 heavy (non-hydrogen) atoms. The number of carbonyl (C=O) groups excluding carboxylic acids is 6. The molecule has 6 amide bonds. The quantitative estimate of drug-likeness (QED) is 0.0549. The molecule has 5 atom stereocenters. The summed E-state index contributed by atoms with van der Waals surface area (Å²) in [6.07, 6.45) is -3.57. The van der Waals surface area contributed by atoms with Crippen molar-refractivity contribution in [3.8, 4) is 0 Å². The van der Waals surface area contributed by atoms with Crippen LogP contribution >= 0.6 is 0 Å². The molecule has 0 saturated carbocycles. The van der Waals surface area contributed by atoms with E-state index in [1.807, 2.05) is 0 Å². The van der Waals surface area contributed by atoms with Gasteiger partial charge in [-0.2, -0.15) is 0 Å². The lowest BCUT2D eigenvalue weighted by Gasteiger charge is -2.26. The monoisotopic (exact) mass is 631 g/mol. The summed E-state index contributed by atoms with van der Waals surface area (Å²) in [6, 6.07) is -7.70. The molecule has 13 N–H and O–H groups in total. The van der Waals surface area contributed by atoms with Gasteiger partial charge in [-0.1, -0.05) is 13.8 Å². The number of carboxylic acids is 3. The van der Waals surface area contributed by atoms with Crippen LogP contribution in [0.2, 0.25) is 0 Å². The van der Waals surface area contributed by atoms with Crippen molar-refractivity contribution in [2.75, 3.05) is 0 Å². The molecule has 5 unspecified atom stereocenters. The van der Waals surface area contributed by atoms with Crippen LogP contribution in [0.5, 0.6) is 0 Å². The molecule has 0 bridgehead atoms. The third-order valence-electron chi connectivity index (χ3n) is 5.96. The molecule has 0 rings (SSSR count). The summed E-state index contributed by atoms with van der Waals surface area (Å²) in [5, 5.41) is 36.4. The first-order valence-electron chi connectivity index (χ1n) is 13.5. The number of amides is 6. The van der Waals surface area contributed by atoms with E-state index in [0.29, 0.717) is 0 Å². The van der Waals surface area contributed by atoms with E-state index in [-0.39, 0.29) is 25.2 Å². The summed E-state index contributed by atoms with van der Waals surface area (Å²) >= 11 is 0. The molecule has 0 saturated heterocycles. The van der Waals surface area contributed by atoms with E-state index in [9.17, 15) is 48.3 Å². The largest absolute Gasteiger partial charge is 0.481 e. The fraction of sp³-hybridized carbons (Fsp3) is 0.640. The zero-order chi connectivity index (χ0) is 34.1. The van der Waals surface area contributed by atoms with Gasteiger partial charge in [0.25, 0.3) is 0 Å². The molecule has 0 heterocycles. The van der Waals surface area contributed by atoms with Gasteiger partial charge in [-0.05, 0) is 31.6 Å². The molecule has 0 aromatic carbocycles. The fourth-order valence-corrected chi connectivity index (χ4v) is 3.70. The summed E-state index contributed by atoms with van der Waals surface area (Å²) < 4.78 is 0. The molecule has 0 fully saturated rings. The molecule has 0 aliphatic carbocycles. The van der Waals surface area contributed by atoms with Crippen molar-refractivity contribution in [2.24, 2.45) is 23.1 Å². The van der Waals surface area contributed by atoms with Crippen molar-refractivity contribution < 1.29 is 58.5 Å². The topological polar surface area (TPSA) is 340 Å². The molecule has 0 aliphatic heterocycles. The molecule has 0 aromatic rings. The van der Waals surface area contributed by atoms with Gasteiger partial charge < -0.3 is 53.8 Å². The molecule has 0 aliphatic rings. The van der Waals surface area contributed by atoms with Crippen LogP contribution in [-0.2, 0) is 43.2 Å². The van der Waals surface area contributed by atoms with Crippen molar-refractivity contribution in [3.05, 3.63) is 0 Å². The third kappa shape index (κ3) is 16.6. The summed E-state index contributed by atoms with van der Waals surface area (Å²) in [5.74, 6) is -10.4. The first-order chi connectivity index (χ1) is 20.3. The van der Waals surface area contributed by atoms with Crippen molar-refractivity contribution in [1.82, 2.24) is 21.3 Å². The van der Waals surface area contributed by atoms with Gasteiger partial charge >= 0.3 is 17.9 Å². The van der Waals surface area contributed by atoms with Crippen LogP contribution in [0.25, 0.3) is 0 Å². The zero-order valence-corrected chi connectivity index (χ0v) is 24.4. The minimum atomic E-state index is -1.72. The Morgan fingerprint density at radius 1 is 0.568 bits per heavy atom. The highest BCUT2D eigenvalue weighted by Crippen LogP contribution is 2.08. The Labute approximate surface area is 252 Å². The van der Waals surface area contributed by atoms with E-state index < -0.39 is 116 Å². The smallest absolute Gasteiger partial charge is 0.326 e. The lowest BCUT2D eigenvalue weighted by molar-refractivity contribution is -0.143. The SMILES string of the molecule is CC(C)CC(NC(=O)C(CC(N)=O)NC(=O)C(CCC(=O)O)NC(=O)C(CCC(=O)O)NC(=O)C(N)CCC(N)=O)C(=O)O. The minimum absolute atomic E-state index is 0.00520. The maximum Gasteiger partial charge on any atom is 0.326 e. The van der Waals surface area contributed by atoms with Gasteiger partial charge in [0, 0.05) is 19.3 Å². The standard InChI is InChI=1S/C25H41N7O12/c1-11(2)9-16(25(43)44)32-24(42)15(10-18(28)34)31-23(41)14(5-8-20(37)38)30-22(40)13(4-7-19(35)36)29-21(39)12(26)3-6-17(27)33/h11-16H,3-10,26H2,1-2H3,(H2,27,33)(H2,28,34)(H,29,39)(H,30,40)(H,31,41)(H,32,42)(H,35,36)(H,37,38)(H,43,44). The number of carbonyl (C=O) groups is 9. The highest BCUT2D eigenvalue weighted by molar-refractivity contribution is 5.97. The predicted molar refractivity (Wildman–Crippen MR) is 149 cm³/mol. The normalized spacial score (nSPS) is 14.2. The van der Waals surface area contributed by atoms with Gasteiger partial charge in [0.1, 0.15) is 24.2 Å². The van der Waals surface area contributed by atoms with E-state index in [4.69, 9.17) is 27.4 Å². The van der Waals surface area contributed by atoms with Crippen LogP contribution in [0, 0.1) is 5.92 Å². The maximum atomic E-state index is 13.1. The Hall–Kier alpha value is -4.81. The van der Waals surface area contributed by atoms with E-state index in [2.05, 4.69) is 21.3 Å². The number of nitrogens with two attached hydrogens (primary N) is 3. The number of primary amides is 2. The summed E-state index contributed by atoms with van der Waals surface area (Å²) in [7, 11) is 0. The van der Waals surface area contributed by atoms with Gasteiger partial charge in [0.05, 0.1) is 12.5 Å². The minimum Gasteiger partial charge on any atom is -0.481 e. The summed E-state index contributed by atoms with van der Waals surface area (Å²) in [5.41, 5.74) is 15.9. The van der Waals surface area contributed by atoms with Crippen LogP contribution < -0.4 is 38.5 Å². The first kappa shape index (κ1) is 39.2. The van der Waals surface area contributed by atoms with Crippen LogP contribution in [0.15, 0.2) is 0 Å². The van der Waals surface area contributed by atoms with Crippen LogP contribution in [0.3, 0.4) is 0 Å². The lowest BCUT2D eigenvalue weighted by Crippen LogP contribution is -2.59. The molecule has 0 radical (unpaired) electrons. The van der Waals surface area contributed by atoms with E-state index in [0.717, 1.165) is 0 Å². The van der Waals surface area contributed by atoms with E-state index in [1.54, 1.807) is 13.8 Å². The number of rotatable bonds is 22. The third-order valence-corrected chi connectivity index (χ3v) is 5.96. The second kappa shape index (κ2) is 19.4. The number of carboxylic acid groups (broad SMARTS) is 3. The second-order valence-electron chi connectivity index (χ2n) is 10.4. The van der Waals surface area contributed by atoms with Crippen molar-refractivity contribution in [3.63, 3.8) is 0 Å². The van der Waals surface area contributed by atoms with Gasteiger partial charge in [-0.25, -0.2) is 4.79 Å². The Bertz CT molecular complexity index is 1100. The molecule has 19 nitrogen and oxygen atoms in total. The van der Waals surface area contributed by atoms with E-state index in [1.165, 1.54) is 0 Å². The second-order valence-corrected chi connectivity index (χ2v) is 10.4. The summed E-state index contributed by atoms with van der Waals surface area (Å²) in [4.78, 5) is 108. The average Bonchev–Trinajstić information content (AvgIpc) is 2.89. The van der Waals surface area contributed by atoms with Crippen molar-refractivity contribution in [2.45, 2.75) is 95.4 Å². The average molecular weight is 632 g/mol. The molecule has 0 aromatic heterocycles. The Balaban J connectivity index is 6.01. The Morgan fingerprint density at radius 2 is 0.977 bits per heavy atom. The molecule has 0 spiro atoms. The van der Waals surface area contributed by atoms with Gasteiger partial charge in [-0.3, -0.25) is 38.4 Å². The Kier molecular flexibility index (Phi) is 17.3. The van der Waals surface area contributed by atoms with Crippen LogP contribution in [0.1, 0.15) is 65.2 Å². The van der Waals surface area contributed by atoms with E-state index >= 15 is 0 Å². The number of nitrogens with one attached hydrogen (secondary N) is 4. The number of aliphatic carboxylic acids is 3. The van der Waals surface area contributed by atoms with Gasteiger partial charge in [0.2, 0.25) is 35.4 Å². The number of hydrogen-bond acceptors (Lipinski definition) is 10. The zero-order valence-electron chi connectivity index (χ0n) is 24.4. The van der Waals surface area contributed by atoms with Crippen molar-refractivity contribution in [1.29, 1.82) is 0 Å². The highest BCUT2D eigenvalue weighted by Gasteiger charge is 2.33. The van der Waals surface area contributed by atoms with Gasteiger partial charge in [0.15, 0.2) is 0 Å². The predicted octanol–water partition coefficient (Wildman–Crippen LogP) is -3.75. The van der Waals surface area contributed by atoms with Crippen LogP contribution in [-0.4, -0.2) is 98.9 Å². The molecular formula is C25H41N7O12. The maximum absolute atomic E-state index is 13.1. The number of hydrogen-bond donors (Lipinski definition) is 10. The lowest BCUT2D eigenvalue weighted by atomic mass is 10.0. The molecule has 19 heteroatoms. The highest BCUT2D eigenvalue weighted by atomic mass is 16.4. The van der Waals surface area contributed by atoms with Crippen LogP contribution in [0.4, 0.5) is 0 Å². The Morgan fingerprint density at radius 3 is 1.36 bits per heavy atom. The molecular weight excluding hydrogens is 590 g/mol. The first-order valence-corrected chi connectivity index (χ1v) is 13.5. The fourth-order valence-electron chi connectivity index (χ4n) is 3.70. The van der Waals surface area contributed by atoms with Gasteiger partial charge in [-0.15, -0.1) is 0 Å². The summed E-state index contributed by atoms with van der Waals surface area (Å²) in [6.45, 7) is 3.39.